The van der Waals surface area contributed by atoms with E-state index in [1.165, 1.54) is 0 Å². The highest BCUT2D eigenvalue weighted by molar-refractivity contribution is 5.78. The highest BCUT2D eigenvalue weighted by Crippen LogP contribution is 2.27. The molecule has 0 saturated carbocycles. The van der Waals surface area contributed by atoms with Crippen molar-refractivity contribution in [1.82, 2.24) is 5.32 Å². The van der Waals surface area contributed by atoms with Crippen LogP contribution in [-0.2, 0) is 17.8 Å². The van der Waals surface area contributed by atoms with Crippen molar-refractivity contribution in [1.29, 1.82) is 0 Å². The summed E-state index contributed by atoms with van der Waals surface area (Å²) in [6.07, 6.45) is 0.278. The van der Waals surface area contributed by atoms with Gasteiger partial charge in [-0.2, -0.15) is 0 Å². The number of carbonyl (C=O) groups excluding carboxylic acids is 1. The van der Waals surface area contributed by atoms with Gasteiger partial charge in [-0.3, -0.25) is 4.79 Å². The van der Waals surface area contributed by atoms with Crippen LogP contribution in [0.4, 0.5) is 0 Å². The molecular weight excluding hydrogens is 270 g/mol. The van der Waals surface area contributed by atoms with Gasteiger partial charge in [0.1, 0.15) is 11.5 Å². The number of methoxy groups -OCH3 is 2. The fraction of sp³-hybridized carbons (Fsp3) is 0.312. The van der Waals surface area contributed by atoms with Gasteiger partial charge in [0.15, 0.2) is 11.5 Å². The Kier molecular flexibility index (Phi) is 4.87. The molecule has 0 radical (unpaired) electrons. The fourth-order valence-electron chi connectivity index (χ4n) is 2.00. The number of hydrogen-bond acceptors (Lipinski definition) is 4. The number of benzene rings is 1. The first-order chi connectivity index (χ1) is 10.1. The number of aryl methyl sites for hydroxylation is 1. The summed E-state index contributed by atoms with van der Waals surface area (Å²) < 4.78 is 15.8. The third-order valence-corrected chi connectivity index (χ3v) is 3.07. The summed E-state index contributed by atoms with van der Waals surface area (Å²) in [7, 11) is 3.15. The van der Waals surface area contributed by atoms with Crippen molar-refractivity contribution in [3.8, 4) is 11.5 Å². The second kappa shape index (κ2) is 6.83. The highest BCUT2D eigenvalue weighted by atomic mass is 16.5. The molecule has 0 aliphatic rings. The van der Waals surface area contributed by atoms with Gasteiger partial charge in [-0.05, 0) is 36.8 Å². The third-order valence-electron chi connectivity index (χ3n) is 3.07. The predicted molar refractivity (Wildman–Crippen MR) is 78.5 cm³/mol. The molecule has 2 rings (SSSR count). The summed E-state index contributed by atoms with van der Waals surface area (Å²) in [6.45, 7) is 2.26. The van der Waals surface area contributed by atoms with Gasteiger partial charge in [0.25, 0.3) is 0 Å². The molecule has 0 spiro atoms. The maximum atomic E-state index is 11.9. The number of carbonyl (C=O) groups is 1. The summed E-state index contributed by atoms with van der Waals surface area (Å²) in [5, 5.41) is 2.82. The maximum Gasteiger partial charge on any atom is 0.224 e. The van der Waals surface area contributed by atoms with Crippen molar-refractivity contribution in [3.63, 3.8) is 0 Å². The van der Waals surface area contributed by atoms with Crippen LogP contribution in [0.15, 0.2) is 34.7 Å². The highest BCUT2D eigenvalue weighted by Gasteiger charge is 2.09. The van der Waals surface area contributed by atoms with Crippen molar-refractivity contribution in [3.05, 3.63) is 47.4 Å². The lowest BCUT2D eigenvalue weighted by atomic mass is 10.1. The number of nitrogens with one attached hydrogen (secondary N) is 1. The van der Waals surface area contributed by atoms with E-state index in [1.54, 1.807) is 26.4 Å². The van der Waals surface area contributed by atoms with E-state index in [0.29, 0.717) is 18.0 Å². The standard InChI is InChI=1S/C16H19NO4/c1-11-4-6-13(21-11)10-17-16(18)9-12-5-7-14(19-2)15(8-12)20-3/h4-8H,9-10H2,1-3H3,(H,17,18). The number of furan rings is 1. The topological polar surface area (TPSA) is 60.7 Å². The molecule has 1 aromatic carbocycles. The minimum Gasteiger partial charge on any atom is -0.493 e. The van der Waals surface area contributed by atoms with E-state index >= 15 is 0 Å². The SMILES string of the molecule is COc1ccc(CC(=O)NCc2ccc(C)o2)cc1OC. The van der Waals surface area contributed by atoms with E-state index in [4.69, 9.17) is 13.9 Å². The van der Waals surface area contributed by atoms with E-state index in [0.717, 1.165) is 17.1 Å². The molecule has 0 unspecified atom stereocenters. The monoisotopic (exact) mass is 289 g/mol. The summed E-state index contributed by atoms with van der Waals surface area (Å²) in [5.41, 5.74) is 0.862. The Balaban J connectivity index is 1.93. The Bertz CT molecular complexity index is 618. The lowest BCUT2D eigenvalue weighted by Crippen LogP contribution is -2.24. The first-order valence-corrected chi connectivity index (χ1v) is 6.65. The Labute approximate surface area is 123 Å². The first-order valence-electron chi connectivity index (χ1n) is 6.65. The lowest BCUT2D eigenvalue weighted by molar-refractivity contribution is -0.120. The van der Waals surface area contributed by atoms with Crippen molar-refractivity contribution in [2.75, 3.05) is 14.2 Å². The van der Waals surface area contributed by atoms with Crippen molar-refractivity contribution < 1.29 is 18.7 Å². The normalized spacial score (nSPS) is 10.2. The summed E-state index contributed by atoms with van der Waals surface area (Å²) in [4.78, 5) is 11.9. The van der Waals surface area contributed by atoms with Gasteiger partial charge in [0, 0.05) is 0 Å². The lowest BCUT2D eigenvalue weighted by Gasteiger charge is -2.09. The number of ether oxygens (including phenoxy) is 2. The second-order valence-electron chi connectivity index (χ2n) is 4.66. The molecule has 1 N–H and O–H groups in total. The Morgan fingerprint density at radius 3 is 2.52 bits per heavy atom. The number of amides is 1. The molecular formula is C16H19NO4. The van der Waals surface area contributed by atoms with E-state index < -0.39 is 0 Å². The van der Waals surface area contributed by atoms with Crippen molar-refractivity contribution >= 4 is 5.91 Å². The van der Waals surface area contributed by atoms with Crippen LogP contribution in [0.5, 0.6) is 11.5 Å². The van der Waals surface area contributed by atoms with Gasteiger partial charge in [-0.15, -0.1) is 0 Å². The average Bonchev–Trinajstić information content (AvgIpc) is 2.90. The molecule has 0 atom stereocenters. The minimum absolute atomic E-state index is 0.0729. The molecule has 2 aromatic rings. The zero-order valence-corrected chi connectivity index (χ0v) is 12.4. The Morgan fingerprint density at radius 1 is 1.14 bits per heavy atom. The molecule has 0 bridgehead atoms. The van der Waals surface area contributed by atoms with Gasteiger partial charge < -0.3 is 19.2 Å². The molecule has 21 heavy (non-hydrogen) atoms. The van der Waals surface area contributed by atoms with Crippen LogP contribution in [-0.4, -0.2) is 20.1 Å². The van der Waals surface area contributed by atoms with Gasteiger partial charge in [0.2, 0.25) is 5.91 Å². The smallest absolute Gasteiger partial charge is 0.224 e. The minimum atomic E-state index is -0.0729. The largest absolute Gasteiger partial charge is 0.493 e. The third kappa shape index (κ3) is 4.02. The van der Waals surface area contributed by atoms with Gasteiger partial charge in [0.05, 0.1) is 27.2 Å². The number of rotatable bonds is 6. The van der Waals surface area contributed by atoms with Crippen LogP contribution in [0.1, 0.15) is 17.1 Å². The second-order valence-corrected chi connectivity index (χ2v) is 4.66. The molecule has 5 nitrogen and oxygen atoms in total. The zero-order valence-electron chi connectivity index (χ0n) is 12.4. The molecule has 1 amide bonds. The molecule has 0 aliphatic carbocycles. The summed E-state index contributed by atoms with van der Waals surface area (Å²) in [5.74, 6) is 2.76. The van der Waals surface area contributed by atoms with Gasteiger partial charge in [-0.1, -0.05) is 6.07 Å². The van der Waals surface area contributed by atoms with E-state index in [1.807, 2.05) is 25.1 Å². The van der Waals surface area contributed by atoms with E-state index in [2.05, 4.69) is 5.32 Å². The van der Waals surface area contributed by atoms with E-state index in [9.17, 15) is 4.79 Å². The number of hydrogen-bond donors (Lipinski definition) is 1. The molecule has 0 saturated heterocycles. The van der Waals surface area contributed by atoms with Crippen LogP contribution in [0.25, 0.3) is 0 Å². The molecule has 0 fully saturated rings. The maximum absolute atomic E-state index is 11.9. The average molecular weight is 289 g/mol. The Morgan fingerprint density at radius 2 is 1.90 bits per heavy atom. The summed E-state index contributed by atoms with van der Waals surface area (Å²) >= 11 is 0. The van der Waals surface area contributed by atoms with Crippen LogP contribution < -0.4 is 14.8 Å². The molecule has 1 heterocycles. The van der Waals surface area contributed by atoms with Crippen molar-refractivity contribution in [2.24, 2.45) is 0 Å². The van der Waals surface area contributed by atoms with Crippen LogP contribution in [0, 0.1) is 6.92 Å². The molecule has 0 aliphatic heterocycles. The van der Waals surface area contributed by atoms with Gasteiger partial charge in [-0.25, -0.2) is 0 Å². The summed E-state index contributed by atoms with van der Waals surface area (Å²) in [6, 6.07) is 9.16. The van der Waals surface area contributed by atoms with Crippen LogP contribution >= 0.6 is 0 Å². The fourth-order valence-corrected chi connectivity index (χ4v) is 2.00. The molecule has 1 aromatic heterocycles. The Hall–Kier alpha value is -2.43. The van der Waals surface area contributed by atoms with Crippen LogP contribution in [0.3, 0.4) is 0 Å². The first kappa shape index (κ1) is 15.0. The quantitative estimate of drug-likeness (QED) is 0.887. The zero-order chi connectivity index (χ0) is 15.2. The van der Waals surface area contributed by atoms with E-state index in [-0.39, 0.29) is 12.3 Å². The molecule has 5 heteroatoms. The van der Waals surface area contributed by atoms with Crippen LogP contribution in [0.2, 0.25) is 0 Å². The molecule has 112 valence electrons. The van der Waals surface area contributed by atoms with Gasteiger partial charge >= 0.3 is 0 Å². The van der Waals surface area contributed by atoms with Crippen molar-refractivity contribution in [2.45, 2.75) is 19.9 Å². The predicted octanol–water partition coefficient (Wildman–Crippen LogP) is 2.46.